The largest absolute Gasteiger partial charge is 0.368 e. The number of ether oxygens (including phenoxy) is 1. The zero-order valence-electron chi connectivity index (χ0n) is 17.4. The summed E-state index contributed by atoms with van der Waals surface area (Å²) in [6.07, 6.45) is 6.87. The summed E-state index contributed by atoms with van der Waals surface area (Å²) in [7, 11) is 0. The second-order valence-corrected chi connectivity index (χ2v) is 7.26. The zero-order valence-corrected chi connectivity index (χ0v) is 17.4. The van der Waals surface area contributed by atoms with Gasteiger partial charge in [-0.2, -0.15) is 0 Å². The van der Waals surface area contributed by atoms with Crippen molar-refractivity contribution in [2.75, 3.05) is 51.2 Å². The molecule has 2 aliphatic heterocycles. The van der Waals surface area contributed by atoms with Crippen LogP contribution < -0.4 is 10.6 Å². The van der Waals surface area contributed by atoms with E-state index in [0.29, 0.717) is 56.5 Å². The molecular weight excluding hydrogens is 382 g/mol. The lowest BCUT2D eigenvalue weighted by molar-refractivity contribution is -0.142. The summed E-state index contributed by atoms with van der Waals surface area (Å²) in [5, 5.41) is 6.05. The van der Waals surface area contributed by atoms with E-state index in [1.54, 1.807) is 24.3 Å². The fourth-order valence-electron chi connectivity index (χ4n) is 3.57. The first kappa shape index (κ1) is 21.7. The first-order chi connectivity index (χ1) is 14.6. The molecule has 2 fully saturated rings. The molecule has 0 aromatic heterocycles. The van der Waals surface area contributed by atoms with E-state index in [9.17, 15) is 9.59 Å². The van der Waals surface area contributed by atoms with Crippen molar-refractivity contribution in [1.82, 2.24) is 15.1 Å². The molecule has 8 nitrogen and oxygen atoms in total. The van der Waals surface area contributed by atoms with Crippen molar-refractivity contribution in [1.29, 1.82) is 0 Å². The van der Waals surface area contributed by atoms with Gasteiger partial charge in [0.2, 0.25) is 5.91 Å². The van der Waals surface area contributed by atoms with Crippen molar-refractivity contribution < 1.29 is 14.3 Å². The van der Waals surface area contributed by atoms with Crippen LogP contribution in [0.1, 0.15) is 25.3 Å². The first-order valence-corrected chi connectivity index (χ1v) is 10.4. The standard InChI is InChI=1S/C22H29N5O3/c1-3-17-7-5-8-18(15-17)25-20(28)16-24-22(23-4-2)27-12-10-26(11-13-27)21(29)19-9-6-14-30-19/h1,5,7-8,15,19H,4,6,9-14,16H2,2H3,(H,23,24)(H,25,28). The summed E-state index contributed by atoms with van der Waals surface area (Å²) in [4.78, 5) is 33.2. The van der Waals surface area contributed by atoms with Crippen molar-refractivity contribution in [2.45, 2.75) is 25.9 Å². The fourth-order valence-corrected chi connectivity index (χ4v) is 3.57. The van der Waals surface area contributed by atoms with Crippen molar-refractivity contribution in [2.24, 2.45) is 4.99 Å². The maximum atomic E-state index is 12.5. The van der Waals surface area contributed by atoms with Crippen LogP contribution in [0.25, 0.3) is 0 Å². The molecule has 160 valence electrons. The second-order valence-electron chi connectivity index (χ2n) is 7.26. The van der Waals surface area contributed by atoms with Gasteiger partial charge in [-0.05, 0) is 38.0 Å². The summed E-state index contributed by atoms with van der Waals surface area (Å²) in [6, 6.07) is 7.14. The summed E-state index contributed by atoms with van der Waals surface area (Å²) < 4.78 is 5.51. The number of nitrogens with one attached hydrogen (secondary N) is 2. The number of carbonyl (C=O) groups excluding carboxylic acids is 2. The molecule has 30 heavy (non-hydrogen) atoms. The molecule has 0 spiro atoms. The lowest BCUT2D eigenvalue weighted by atomic mass is 10.2. The van der Waals surface area contributed by atoms with Gasteiger partial charge in [-0.15, -0.1) is 6.42 Å². The summed E-state index contributed by atoms with van der Waals surface area (Å²) >= 11 is 0. The average Bonchev–Trinajstić information content (AvgIpc) is 3.31. The van der Waals surface area contributed by atoms with Gasteiger partial charge in [0.15, 0.2) is 5.96 Å². The van der Waals surface area contributed by atoms with Gasteiger partial charge in [-0.3, -0.25) is 9.59 Å². The van der Waals surface area contributed by atoms with Gasteiger partial charge in [-0.1, -0.05) is 12.0 Å². The van der Waals surface area contributed by atoms with Gasteiger partial charge in [0.25, 0.3) is 5.91 Å². The Labute approximate surface area is 177 Å². The van der Waals surface area contributed by atoms with E-state index >= 15 is 0 Å². The molecule has 1 aromatic rings. The predicted octanol–water partition coefficient (Wildman–Crippen LogP) is 0.895. The Morgan fingerprint density at radius 1 is 1.27 bits per heavy atom. The summed E-state index contributed by atoms with van der Waals surface area (Å²) in [5.41, 5.74) is 1.36. The number of hydrogen-bond donors (Lipinski definition) is 2. The highest BCUT2D eigenvalue weighted by Gasteiger charge is 2.30. The molecule has 2 aliphatic rings. The minimum Gasteiger partial charge on any atom is -0.368 e. The molecule has 2 saturated heterocycles. The number of hydrogen-bond acceptors (Lipinski definition) is 4. The number of nitrogens with zero attached hydrogens (tertiary/aromatic N) is 3. The van der Waals surface area contributed by atoms with Crippen LogP contribution >= 0.6 is 0 Å². The average molecular weight is 412 g/mol. The Morgan fingerprint density at radius 3 is 2.70 bits per heavy atom. The van der Waals surface area contributed by atoms with Gasteiger partial charge in [-0.25, -0.2) is 4.99 Å². The number of benzene rings is 1. The number of rotatable bonds is 5. The molecule has 0 bridgehead atoms. The van der Waals surface area contributed by atoms with E-state index in [2.05, 4.69) is 26.4 Å². The Kier molecular flexibility index (Phi) is 7.69. The summed E-state index contributed by atoms with van der Waals surface area (Å²) in [5.74, 6) is 3.09. The third kappa shape index (κ3) is 5.74. The van der Waals surface area contributed by atoms with Crippen LogP contribution in [-0.2, 0) is 14.3 Å². The van der Waals surface area contributed by atoms with Crippen LogP contribution in [-0.4, -0.2) is 79.6 Å². The molecule has 1 unspecified atom stereocenters. The number of anilines is 1. The van der Waals surface area contributed by atoms with Crippen molar-refractivity contribution >= 4 is 23.5 Å². The quantitative estimate of drug-likeness (QED) is 0.427. The molecule has 2 N–H and O–H groups in total. The molecule has 2 amide bonds. The third-order valence-electron chi connectivity index (χ3n) is 5.12. The van der Waals surface area contributed by atoms with Gasteiger partial charge in [0.05, 0.1) is 0 Å². The fraction of sp³-hybridized carbons (Fsp3) is 0.500. The monoisotopic (exact) mass is 411 g/mol. The van der Waals surface area contributed by atoms with Crippen molar-refractivity contribution in [3.63, 3.8) is 0 Å². The normalized spacial score (nSPS) is 19.3. The van der Waals surface area contributed by atoms with Crippen LogP contribution in [0.15, 0.2) is 29.3 Å². The smallest absolute Gasteiger partial charge is 0.251 e. The Bertz CT molecular complexity index is 818. The van der Waals surface area contributed by atoms with Crippen molar-refractivity contribution in [3.05, 3.63) is 29.8 Å². The first-order valence-electron chi connectivity index (χ1n) is 10.4. The van der Waals surface area contributed by atoms with Crippen molar-refractivity contribution in [3.8, 4) is 12.3 Å². The van der Waals surface area contributed by atoms with Crippen LogP contribution in [0.4, 0.5) is 5.69 Å². The van der Waals surface area contributed by atoms with Crippen LogP contribution in [0.2, 0.25) is 0 Å². The van der Waals surface area contributed by atoms with Crippen LogP contribution in [0.3, 0.4) is 0 Å². The van der Waals surface area contributed by atoms with E-state index < -0.39 is 0 Å². The predicted molar refractivity (Wildman–Crippen MR) is 116 cm³/mol. The van der Waals surface area contributed by atoms with Crippen LogP contribution in [0.5, 0.6) is 0 Å². The molecule has 8 heteroatoms. The number of amides is 2. The van der Waals surface area contributed by atoms with Gasteiger partial charge < -0.3 is 25.2 Å². The molecule has 1 aromatic carbocycles. The summed E-state index contributed by atoms with van der Waals surface area (Å²) in [6.45, 7) is 5.91. The maximum Gasteiger partial charge on any atom is 0.251 e. The highest BCUT2D eigenvalue weighted by atomic mass is 16.5. The number of aliphatic imine (C=N–C) groups is 1. The Hall–Kier alpha value is -3.05. The van der Waals surface area contributed by atoms with Gasteiger partial charge in [0, 0.05) is 50.6 Å². The number of guanidine groups is 1. The maximum absolute atomic E-state index is 12.5. The number of piperazine rings is 1. The lowest BCUT2D eigenvalue weighted by Crippen LogP contribution is -2.55. The van der Waals surface area contributed by atoms with E-state index in [4.69, 9.17) is 11.2 Å². The molecule has 2 heterocycles. The number of terminal acetylenes is 1. The van der Waals surface area contributed by atoms with Crippen LogP contribution in [0, 0.1) is 12.3 Å². The van der Waals surface area contributed by atoms with E-state index in [1.165, 1.54) is 0 Å². The van der Waals surface area contributed by atoms with E-state index in [0.717, 1.165) is 12.8 Å². The SMILES string of the molecule is C#Cc1cccc(NC(=O)CN=C(NCC)N2CCN(C(=O)C3CCCO3)CC2)c1. The second kappa shape index (κ2) is 10.6. The molecular formula is C22H29N5O3. The van der Waals surface area contributed by atoms with Gasteiger partial charge >= 0.3 is 0 Å². The zero-order chi connectivity index (χ0) is 21.3. The highest BCUT2D eigenvalue weighted by molar-refractivity contribution is 5.94. The molecule has 3 rings (SSSR count). The highest BCUT2D eigenvalue weighted by Crippen LogP contribution is 2.16. The molecule has 0 saturated carbocycles. The Morgan fingerprint density at radius 2 is 2.03 bits per heavy atom. The minimum absolute atomic E-state index is 0.00231. The molecule has 1 atom stereocenters. The van der Waals surface area contributed by atoms with E-state index in [-0.39, 0.29) is 24.5 Å². The minimum atomic E-state index is -0.282. The third-order valence-corrected chi connectivity index (χ3v) is 5.12. The topological polar surface area (TPSA) is 86.3 Å². The molecule has 0 radical (unpaired) electrons. The lowest BCUT2D eigenvalue weighted by Gasteiger charge is -2.37. The number of carbonyl (C=O) groups is 2. The van der Waals surface area contributed by atoms with Gasteiger partial charge in [0.1, 0.15) is 12.6 Å². The van der Waals surface area contributed by atoms with E-state index in [1.807, 2.05) is 11.8 Å². The molecule has 0 aliphatic carbocycles. The Balaban J connectivity index is 1.53.